The molecule has 0 fully saturated rings. The molecule has 114 valence electrons. The zero-order chi connectivity index (χ0) is 15.7. The Kier molecular flexibility index (Phi) is 3.94. The number of methoxy groups -OCH3 is 1. The predicted molar refractivity (Wildman–Crippen MR) is 81.1 cm³/mol. The molecule has 0 radical (unpaired) electrons. The van der Waals surface area contributed by atoms with Crippen molar-refractivity contribution in [2.75, 3.05) is 11.4 Å². The monoisotopic (exact) mass is 319 g/mol. The highest BCUT2D eigenvalue weighted by Gasteiger charge is 2.38. The first kappa shape index (κ1) is 14.7. The fourth-order valence-electron chi connectivity index (χ4n) is 2.57. The molecule has 1 aliphatic rings. The Bertz CT molecular complexity index is 735. The van der Waals surface area contributed by atoms with E-state index < -0.39 is 28.8 Å². The number of fused-ring (bicyclic) bond motifs is 1. The summed E-state index contributed by atoms with van der Waals surface area (Å²) in [5, 5.41) is 0. The van der Waals surface area contributed by atoms with Gasteiger partial charge < -0.3 is 4.74 Å². The molecule has 22 heavy (non-hydrogen) atoms. The van der Waals surface area contributed by atoms with E-state index in [2.05, 4.69) is 0 Å². The van der Waals surface area contributed by atoms with Crippen molar-refractivity contribution in [1.29, 1.82) is 0 Å². The summed E-state index contributed by atoms with van der Waals surface area (Å²) in [4.78, 5) is 12.2. The normalized spacial score (nSPS) is 19.8. The van der Waals surface area contributed by atoms with Crippen molar-refractivity contribution < 1.29 is 18.1 Å². The van der Waals surface area contributed by atoms with E-state index in [0.717, 1.165) is 0 Å². The minimum atomic E-state index is -1.48. The average Bonchev–Trinajstić information content (AvgIpc) is 2.80. The van der Waals surface area contributed by atoms with Gasteiger partial charge in [-0.1, -0.05) is 18.2 Å². The number of benzene rings is 2. The van der Waals surface area contributed by atoms with E-state index in [-0.39, 0.29) is 6.42 Å². The van der Waals surface area contributed by atoms with Crippen molar-refractivity contribution in [2.24, 2.45) is 0 Å². The van der Waals surface area contributed by atoms with E-state index in [0.29, 0.717) is 16.1 Å². The number of carbonyl (C=O) groups is 1. The fraction of sp³-hybridized carbons (Fsp3) is 0.188. The number of para-hydroxylation sites is 1. The summed E-state index contributed by atoms with van der Waals surface area (Å²) < 4.78 is 32.7. The van der Waals surface area contributed by atoms with Gasteiger partial charge in [-0.3, -0.25) is 9.10 Å². The van der Waals surface area contributed by atoms with Crippen molar-refractivity contribution >= 4 is 22.6 Å². The van der Waals surface area contributed by atoms with Crippen LogP contribution in [0.5, 0.6) is 0 Å². The summed E-state index contributed by atoms with van der Waals surface area (Å²) in [6.07, 6.45) is 0.00753. The minimum absolute atomic E-state index is 0.00753. The van der Waals surface area contributed by atoms with Gasteiger partial charge in [0.25, 0.3) is 0 Å². The quantitative estimate of drug-likeness (QED) is 0.817. The van der Waals surface area contributed by atoms with Crippen molar-refractivity contribution in [2.45, 2.75) is 17.4 Å². The maximum Gasteiger partial charge on any atom is 0.307 e. The number of hydrogen-bond donors (Lipinski definition) is 0. The second-order valence-corrected chi connectivity index (χ2v) is 6.22. The summed E-state index contributed by atoms with van der Waals surface area (Å²) in [6, 6.07) is 12.7. The van der Waals surface area contributed by atoms with Crippen LogP contribution in [0.2, 0.25) is 0 Å². The Labute approximate surface area is 130 Å². The Hall–Kier alpha value is -2.21. The number of nitrogens with zero attached hydrogens (tertiary/aromatic N) is 1. The van der Waals surface area contributed by atoms with Gasteiger partial charge in [0.1, 0.15) is 5.82 Å². The van der Waals surface area contributed by atoms with Gasteiger partial charge in [-0.2, -0.15) is 0 Å². The third-order valence-corrected chi connectivity index (χ3v) is 5.15. The van der Waals surface area contributed by atoms with Gasteiger partial charge in [0.2, 0.25) is 0 Å². The van der Waals surface area contributed by atoms with Gasteiger partial charge in [0.05, 0.1) is 30.2 Å². The van der Waals surface area contributed by atoms with Crippen LogP contribution in [0, 0.1) is 5.82 Å². The number of hydrogen-bond acceptors (Lipinski definition) is 3. The maximum absolute atomic E-state index is 13.6. The predicted octanol–water partition coefficient (Wildman–Crippen LogP) is 2.97. The number of esters is 1. The fourth-order valence-corrected chi connectivity index (χ4v) is 4.10. The van der Waals surface area contributed by atoms with E-state index in [1.54, 1.807) is 4.31 Å². The molecule has 2 aromatic rings. The molecule has 1 heterocycles. The van der Waals surface area contributed by atoms with Crippen LogP contribution < -0.4 is 4.31 Å². The maximum atomic E-state index is 13.6. The van der Waals surface area contributed by atoms with Crippen molar-refractivity contribution in [1.82, 2.24) is 0 Å². The lowest BCUT2D eigenvalue weighted by Crippen LogP contribution is -2.26. The summed E-state index contributed by atoms with van der Waals surface area (Å²) in [5.41, 5.74) is 1.28. The van der Waals surface area contributed by atoms with Crippen LogP contribution in [0.3, 0.4) is 0 Å². The van der Waals surface area contributed by atoms with Gasteiger partial charge in [-0.05, 0) is 35.9 Å². The second kappa shape index (κ2) is 5.88. The van der Waals surface area contributed by atoms with Crippen LogP contribution in [0.1, 0.15) is 18.0 Å². The Balaban J connectivity index is 2.09. The highest BCUT2D eigenvalue weighted by atomic mass is 32.2. The van der Waals surface area contributed by atoms with Crippen molar-refractivity contribution in [3.05, 3.63) is 59.9 Å². The van der Waals surface area contributed by atoms with Gasteiger partial charge in [-0.15, -0.1) is 0 Å². The first-order valence-electron chi connectivity index (χ1n) is 6.74. The van der Waals surface area contributed by atoms with Crippen molar-refractivity contribution in [3.63, 3.8) is 0 Å². The zero-order valence-electron chi connectivity index (χ0n) is 11.9. The molecule has 0 aromatic heterocycles. The molecule has 0 spiro atoms. The molecule has 0 saturated carbocycles. The van der Waals surface area contributed by atoms with Crippen LogP contribution >= 0.6 is 0 Å². The SMILES string of the molecule is COC(=O)CC1c2cc(F)ccc2S(=O)N1c1ccccc1. The highest BCUT2D eigenvalue weighted by Crippen LogP contribution is 2.42. The zero-order valence-corrected chi connectivity index (χ0v) is 12.7. The van der Waals surface area contributed by atoms with Crippen LogP contribution in [-0.2, 0) is 20.5 Å². The largest absolute Gasteiger partial charge is 0.469 e. The van der Waals surface area contributed by atoms with Gasteiger partial charge in [-0.25, -0.2) is 8.60 Å². The molecule has 2 unspecified atom stereocenters. The molecule has 3 rings (SSSR count). The molecule has 0 amide bonds. The lowest BCUT2D eigenvalue weighted by atomic mass is 10.0. The topological polar surface area (TPSA) is 46.6 Å². The number of carbonyl (C=O) groups excluding carboxylic acids is 1. The number of anilines is 1. The molecule has 2 atom stereocenters. The Morgan fingerprint density at radius 2 is 2.00 bits per heavy atom. The van der Waals surface area contributed by atoms with Crippen LogP contribution in [0.25, 0.3) is 0 Å². The molecule has 0 saturated heterocycles. The smallest absolute Gasteiger partial charge is 0.307 e. The van der Waals surface area contributed by atoms with Crippen molar-refractivity contribution in [3.8, 4) is 0 Å². The number of halogens is 1. The molecule has 1 aliphatic heterocycles. The highest BCUT2D eigenvalue weighted by molar-refractivity contribution is 7.87. The van der Waals surface area contributed by atoms with Gasteiger partial charge in [0.15, 0.2) is 11.0 Å². The Morgan fingerprint density at radius 1 is 1.27 bits per heavy atom. The third-order valence-electron chi connectivity index (χ3n) is 3.58. The summed E-state index contributed by atoms with van der Waals surface area (Å²) in [6.45, 7) is 0. The van der Waals surface area contributed by atoms with Gasteiger partial charge in [0, 0.05) is 0 Å². The van der Waals surface area contributed by atoms with E-state index in [9.17, 15) is 13.4 Å². The summed E-state index contributed by atoms with van der Waals surface area (Å²) in [5.74, 6) is -0.847. The molecule has 6 heteroatoms. The van der Waals surface area contributed by atoms with Crippen LogP contribution in [0.4, 0.5) is 10.1 Å². The van der Waals surface area contributed by atoms with E-state index in [1.807, 2.05) is 30.3 Å². The number of rotatable bonds is 3. The lowest BCUT2D eigenvalue weighted by Gasteiger charge is -2.24. The Morgan fingerprint density at radius 3 is 2.68 bits per heavy atom. The number of ether oxygens (including phenoxy) is 1. The standard InChI is InChI=1S/C16H14FNO3S/c1-21-16(19)10-14-13-9-11(17)7-8-15(13)22(20)18(14)12-5-3-2-4-6-12/h2-9,14H,10H2,1H3. The molecular formula is C16H14FNO3S. The first-order valence-corrected chi connectivity index (χ1v) is 7.85. The molecular weight excluding hydrogens is 305 g/mol. The molecule has 0 aliphatic carbocycles. The van der Waals surface area contributed by atoms with Gasteiger partial charge >= 0.3 is 5.97 Å². The minimum Gasteiger partial charge on any atom is -0.469 e. The lowest BCUT2D eigenvalue weighted by molar-refractivity contribution is -0.141. The van der Waals surface area contributed by atoms with Crippen LogP contribution in [0.15, 0.2) is 53.4 Å². The molecule has 0 bridgehead atoms. The summed E-state index contributed by atoms with van der Waals surface area (Å²) >= 11 is 0. The molecule has 4 nitrogen and oxygen atoms in total. The first-order chi connectivity index (χ1) is 10.6. The third kappa shape index (κ3) is 2.50. The van der Waals surface area contributed by atoms with Crippen LogP contribution in [-0.4, -0.2) is 17.3 Å². The average molecular weight is 319 g/mol. The van der Waals surface area contributed by atoms with E-state index >= 15 is 0 Å². The second-order valence-electron chi connectivity index (χ2n) is 4.89. The van der Waals surface area contributed by atoms with E-state index in [1.165, 1.54) is 25.3 Å². The summed E-state index contributed by atoms with van der Waals surface area (Å²) in [7, 11) is -0.185. The molecule has 2 aromatic carbocycles. The van der Waals surface area contributed by atoms with E-state index in [4.69, 9.17) is 4.74 Å². The molecule has 0 N–H and O–H groups in total.